The molecule has 1 N–H and O–H groups in total. The zero-order valence-electron chi connectivity index (χ0n) is 12.1. The van der Waals surface area contributed by atoms with Gasteiger partial charge in [-0.15, -0.1) is 0 Å². The van der Waals surface area contributed by atoms with Crippen molar-refractivity contribution in [1.29, 1.82) is 0 Å². The summed E-state index contributed by atoms with van der Waals surface area (Å²) in [4.78, 5) is 12.2. The van der Waals surface area contributed by atoms with Crippen LogP contribution in [0.25, 0.3) is 0 Å². The van der Waals surface area contributed by atoms with E-state index in [0.717, 1.165) is 0 Å². The number of hydrogen-bond acceptors (Lipinski definition) is 3. The van der Waals surface area contributed by atoms with E-state index in [9.17, 15) is 4.79 Å². The average molecular weight is 340 g/mol. The summed E-state index contributed by atoms with van der Waals surface area (Å²) in [5, 5.41) is 3.62. The second-order valence-electron chi connectivity index (χ2n) is 4.52. The molecule has 116 valence electrons. The third-order valence-electron chi connectivity index (χ3n) is 2.93. The standard InChI is InChI=1S/C16H15Cl2NO3/c1-10(22-15-9-11(17)7-8-12(15)18)16(20)19-13-5-3-4-6-14(13)21-2/h3-10H,1-2H3,(H,19,20)/t10-/m1/s1. The first-order valence-corrected chi connectivity index (χ1v) is 7.32. The Kier molecular flexibility index (Phi) is 5.52. The molecule has 0 fully saturated rings. The molecule has 0 heterocycles. The Morgan fingerprint density at radius 1 is 1.14 bits per heavy atom. The highest BCUT2D eigenvalue weighted by Gasteiger charge is 2.18. The van der Waals surface area contributed by atoms with E-state index in [1.165, 1.54) is 7.11 Å². The maximum Gasteiger partial charge on any atom is 0.265 e. The van der Waals surface area contributed by atoms with Gasteiger partial charge in [0, 0.05) is 11.1 Å². The molecule has 0 spiro atoms. The first kappa shape index (κ1) is 16.5. The minimum atomic E-state index is -0.749. The molecule has 0 aliphatic rings. The number of nitrogens with one attached hydrogen (secondary N) is 1. The fourth-order valence-electron chi connectivity index (χ4n) is 1.79. The normalized spacial score (nSPS) is 11.6. The van der Waals surface area contributed by atoms with Crippen molar-refractivity contribution in [3.05, 3.63) is 52.5 Å². The summed E-state index contributed by atoms with van der Waals surface area (Å²) < 4.78 is 10.7. The topological polar surface area (TPSA) is 47.6 Å². The molecule has 1 atom stereocenters. The summed E-state index contributed by atoms with van der Waals surface area (Å²) in [5.74, 6) is 0.612. The molecule has 0 bridgehead atoms. The number of carbonyl (C=O) groups is 1. The van der Waals surface area contributed by atoms with Gasteiger partial charge >= 0.3 is 0 Å². The van der Waals surface area contributed by atoms with Gasteiger partial charge in [-0.25, -0.2) is 0 Å². The van der Waals surface area contributed by atoms with Crippen LogP contribution in [0.3, 0.4) is 0 Å². The van der Waals surface area contributed by atoms with E-state index in [4.69, 9.17) is 32.7 Å². The van der Waals surface area contributed by atoms with Gasteiger partial charge in [-0.05, 0) is 31.2 Å². The Bertz CT molecular complexity index is 676. The molecule has 0 aliphatic carbocycles. The van der Waals surface area contributed by atoms with Gasteiger partial charge in [-0.2, -0.15) is 0 Å². The number of para-hydroxylation sites is 2. The SMILES string of the molecule is COc1ccccc1NC(=O)[C@@H](C)Oc1cc(Cl)ccc1Cl. The van der Waals surface area contributed by atoms with Crippen molar-refractivity contribution >= 4 is 34.8 Å². The second kappa shape index (κ2) is 7.38. The Labute approximate surface area is 138 Å². The van der Waals surface area contributed by atoms with Gasteiger partial charge < -0.3 is 14.8 Å². The molecular weight excluding hydrogens is 325 g/mol. The summed E-state index contributed by atoms with van der Waals surface area (Å²) in [6, 6.07) is 12.0. The Morgan fingerprint density at radius 2 is 1.86 bits per heavy atom. The van der Waals surface area contributed by atoms with Crippen molar-refractivity contribution in [2.75, 3.05) is 12.4 Å². The van der Waals surface area contributed by atoms with Crippen molar-refractivity contribution in [3.63, 3.8) is 0 Å². The van der Waals surface area contributed by atoms with E-state index in [-0.39, 0.29) is 5.91 Å². The molecule has 0 aromatic heterocycles. The van der Waals surface area contributed by atoms with E-state index in [0.29, 0.717) is 27.2 Å². The fraction of sp³-hybridized carbons (Fsp3) is 0.188. The molecule has 0 saturated carbocycles. The Morgan fingerprint density at radius 3 is 2.59 bits per heavy atom. The van der Waals surface area contributed by atoms with Gasteiger partial charge in [0.1, 0.15) is 11.5 Å². The van der Waals surface area contributed by atoms with Crippen LogP contribution in [0.4, 0.5) is 5.69 Å². The molecule has 0 unspecified atom stereocenters. The Balaban J connectivity index is 2.07. The van der Waals surface area contributed by atoms with Crippen LogP contribution >= 0.6 is 23.2 Å². The number of amides is 1. The van der Waals surface area contributed by atoms with Gasteiger partial charge in [0.15, 0.2) is 6.10 Å². The highest BCUT2D eigenvalue weighted by Crippen LogP contribution is 2.29. The first-order chi connectivity index (χ1) is 10.5. The zero-order valence-corrected chi connectivity index (χ0v) is 13.6. The number of benzene rings is 2. The molecular formula is C16H15Cl2NO3. The first-order valence-electron chi connectivity index (χ1n) is 6.57. The van der Waals surface area contributed by atoms with E-state index < -0.39 is 6.10 Å². The van der Waals surface area contributed by atoms with Gasteiger partial charge in [0.05, 0.1) is 17.8 Å². The molecule has 2 rings (SSSR count). The number of methoxy groups -OCH3 is 1. The van der Waals surface area contributed by atoms with E-state index in [1.807, 2.05) is 6.07 Å². The molecule has 6 heteroatoms. The summed E-state index contributed by atoms with van der Waals surface area (Å²) in [7, 11) is 1.54. The minimum absolute atomic E-state index is 0.319. The number of hydrogen-bond donors (Lipinski definition) is 1. The van der Waals surface area contributed by atoms with Crippen LogP contribution in [0.2, 0.25) is 10.0 Å². The average Bonchev–Trinajstić information content (AvgIpc) is 2.51. The summed E-state index contributed by atoms with van der Waals surface area (Å²) in [6.07, 6.45) is -0.749. The van der Waals surface area contributed by atoms with Crippen molar-refractivity contribution in [2.24, 2.45) is 0 Å². The predicted molar refractivity (Wildman–Crippen MR) is 88.2 cm³/mol. The highest BCUT2D eigenvalue weighted by atomic mass is 35.5. The lowest BCUT2D eigenvalue weighted by molar-refractivity contribution is -0.122. The maximum absolute atomic E-state index is 12.2. The van der Waals surface area contributed by atoms with Gasteiger partial charge in [-0.3, -0.25) is 4.79 Å². The number of rotatable bonds is 5. The van der Waals surface area contributed by atoms with Crippen LogP contribution < -0.4 is 14.8 Å². The van der Waals surface area contributed by atoms with E-state index in [1.54, 1.807) is 43.3 Å². The lowest BCUT2D eigenvalue weighted by atomic mass is 10.2. The highest BCUT2D eigenvalue weighted by molar-refractivity contribution is 6.34. The van der Waals surface area contributed by atoms with E-state index >= 15 is 0 Å². The number of anilines is 1. The van der Waals surface area contributed by atoms with Crippen molar-refractivity contribution in [2.45, 2.75) is 13.0 Å². The third kappa shape index (κ3) is 4.06. The number of carbonyl (C=O) groups excluding carboxylic acids is 1. The van der Waals surface area contributed by atoms with Crippen molar-refractivity contribution < 1.29 is 14.3 Å². The van der Waals surface area contributed by atoms with Crippen LogP contribution in [0, 0.1) is 0 Å². The molecule has 0 radical (unpaired) electrons. The quantitative estimate of drug-likeness (QED) is 0.877. The van der Waals surface area contributed by atoms with Crippen molar-refractivity contribution in [3.8, 4) is 11.5 Å². The number of ether oxygens (including phenoxy) is 2. The van der Waals surface area contributed by atoms with Crippen molar-refractivity contribution in [1.82, 2.24) is 0 Å². The smallest absolute Gasteiger partial charge is 0.265 e. The number of halogens is 2. The van der Waals surface area contributed by atoms with Crippen LogP contribution in [0.15, 0.2) is 42.5 Å². The summed E-state index contributed by atoms with van der Waals surface area (Å²) in [5.41, 5.74) is 0.572. The molecule has 2 aromatic rings. The fourth-order valence-corrected chi connectivity index (χ4v) is 2.12. The molecule has 1 amide bonds. The van der Waals surface area contributed by atoms with Gasteiger partial charge in [0.2, 0.25) is 0 Å². The van der Waals surface area contributed by atoms with Crippen LogP contribution in [0.1, 0.15) is 6.92 Å². The lowest BCUT2D eigenvalue weighted by Crippen LogP contribution is -2.30. The molecule has 4 nitrogen and oxygen atoms in total. The predicted octanol–water partition coefficient (Wildman–Crippen LogP) is 4.41. The largest absolute Gasteiger partial charge is 0.495 e. The summed E-state index contributed by atoms with van der Waals surface area (Å²) in [6.45, 7) is 1.63. The second-order valence-corrected chi connectivity index (χ2v) is 5.37. The maximum atomic E-state index is 12.2. The molecule has 0 saturated heterocycles. The molecule has 0 aliphatic heterocycles. The Hall–Kier alpha value is -1.91. The van der Waals surface area contributed by atoms with Gasteiger partial charge in [-0.1, -0.05) is 35.3 Å². The lowest BCUT2D eigenvalue weighted by Gasteiger charge is -2.17. The monoisotopic (exact) mass is 339 g/mol. The summed E-state index contributed by atoms with van der Waals surface area (Å²) >= 11 is 11.9. The zero-order chi connectivity index (χ0) is 16.1. The van der Waals surface area contributed by atoms with E-state index in [2.05, 4.69) is 5.32 Å². The van der Waals surface area contributed by atoms with Crippen LogP contribution in [-0.2, 0) is 4.79 Å². The van der Waals surface area contributed by atoms with Crippen LogP contribution in [-0.4, -0.2) is 19.1 Å². The van der Waals surface area contributed by atoms with Gasteiger partial charge in [0.25, 0.3) is 5.91 Å². The third-order valence-corrected chi connectivity index (χ3v) is 3.48. The van der Waals surface area contributed by atoms with Crippen LogP contribution in [0.5, 0.6) is 11.5 Å². The minimum Gasteiger partial charge on any atom is -0.495 e. The molecule has 22 heavy (non-hydrogen) atoms. The molecule has 2 aromatic carbocycles.